The molecule has 2 aliphatic rings. The Morgan fingerprint density at radius 3 is 0.857 bits per heavy atom. The van der Waals surface area contributed by atoms with E-state index < -0.39 is 0 Å². The van der Waals surface area contributed by atoms with E-state index in [2.05, 4.69) is 0 Å². The summed E-state index contributed by atoms with van der Waals surface area (Å²) in [6, 6.07) is 0. The van der Waals surface area contributed by atoms with E-state index in [0.717, 1.165) is 11.3 Å². The van der Waals surface area contributed by atoms with Crippen LogP contribution < -0.4 is 0 Å². The van der Waals surface area contributed by atoms with Gasteiger partial charge in [0.25, 0.3) is 0 Å². The van der Waals surface area contributed by atoms with E-state index in [0.29, 0.717) is 0 Å². The van der Waals surface area contributed by atoms with Crippen molar-refractivity contribution in [3.63, 3.8) is 0 Å². The maximum absolute atomic E-state index is 1.86. The van der Waals surface area contributed by atoms with Gasteiger partial charge in [0.1, 0.15) is 0 Å². The van der Waals surface area contributed by atoms with Crippen LogP contribution in [-0.4, -0.2) is 11.3 Å². The zero-order valence-electron chi connectivity index (χ0n) is 14.3. The number of rotatable bonds is 2. The van der Waals surface area contributed by atoms with Crippen molar-refractivity contribution in [1.82, 2.24) is 0 Å². The molecular weight excluding hydrogens is 271 g/mol. The summed E-state index contributed by atoms with van der Waals surface area (Å²) in [7, 11) is 1.86. The molecular formula is C20H38P. The van der Waals surface area contributed by atoms with Gasteiger partial charge >= 0.3 is 0 Å². The molecule has 0 aromatic rings. The highest BCUT2D eigenvalue weighted by Gasteiger charge is 2.18. The first-order valence-corrected chi connectivity index (χ1v) is 11.2. The minimum Gasteiger partial charge on any atom is -0.0741 e. The van der Waals surface area contributed by atoms with Crippen LogP contribution in [0.25, 0.3) is 0 Å². The molecule has 0 atom stereocenters. The van der Waals surface area contributed by atoms with Crippen molar-refractivity contribution < 1.29 is 0 Å². The molecule has 0 aliphatic heterocycles. The van der Waals surface area contributed by atoms with Crippen LogP contribution in [0.2, 0.25) is 0 Å². The molecule has 0 amide bonds. The smallest absolute Gasteiger partial charge is 0.0168 e. The lowest BCUT2D eigenvalue weighted by atomic mass is 10.0. The maximum Gasteiger partial charge on any atom is -0.0168 e. The van der Waals surface area contributed by atoms with E-state index in [4.69, 9.17) is 0 Å². The first-order chi connectivity index (χ1) is 10.4. The fourth-order valence-corrected chi connectivity index (χ4v) is 6.10. The predicted molar refractivity (Wildman–Crippen MR) is 97.6 cm³/mol. The summed E-state index contributed by atoms with van der Waals surface area (Å²) in [5, 5.41) is 0. The van der Waals surface area contributed by atoms with Gasteiger partial charge in [0.2, 0.25) is 0 Å². The summed E-state index contributed by atoms with van der Waals surface area (Å²) in [4.78, 5) is 0. The average Bonchev–Trinajstić information content (AvgIpc) is 2.44. The van der Waals surface area contributed by atoms with Gasteiger partial charge in [-0.05, 0) is 37.0 Å². The van der Waals surface area contributed by atoms with Crippen molar-refractivity contribution in [2.75, 3.05) is 0 Å². The number of hydrogen-bond donors (Lipinski definition) is 0. The van der Waals surface area contributed by atoms with Crippen LogP contribution in [0.15, 0.2) is 0 Å². The molecule has 0 aromatic heterocycles. The predicted octanol–water partition coefficient (Wildman–Crippen LogP) is 7.72. The highest BCUT2D eigenvalue weighted by Crippen LogP contribution is 2.39. The van der Waals surface area contributed by atoms with Crippen LogP contribution in [0.1, 0.15) is 116 Å². The maximum atomic E-state index is 1.86. The Morgan fingerprint density at radius 1 is 0.333 bits per heavy atom. The van der Waals surface area contributed by atoms with Gasteiger partial charge < -0.3 is 0 Å². The third kappa shape index (κ3) is 8.59. The highest BCUT2D eigenvalue weighted by molar-refractivity contribution is 7.39. The van der Waals surface area contributed by atoms with Crippen molar-refractivity contribution in [3.8, 4) is 0 Å². The minimum absolute atomic E-state index is 1.05. The van der Waals surface area contributed by atoms with E-state index in [1.165, 1.54) is 116 Å². The van der Waals surface area contributed by atoms with Crippen molar-refractivity contribution in [1.29, 1.82) is 0 Å². The van der Waals surface area contributed by atoms with Gasteiger partial charge in [-0.15, -0.1) is 0 Å². The molecule has 1 radical (unpaired) electrons. The molecule has 2 rings (SSSR count). The standard InChI is InChI=1S/C20H38P/c1-2-4-7-11-15-19(16-12-8-5-3-1)21-20-17-13-9-6-10-14-18-20/h19-20H,1-18H2. The Labute approximate surface area is 136 Å². The zero-order valence-corrected chi connectivity index (χ0v) is 15.2. The Kier molecular flexibility index (Phi) is 10.1. The van der Waals surface area contributed by atoms with Crippen LogP contribution >= 0.6 is 8.58 Å². The average molecular weight is 309 g/mol. The third-order valence-corrected chi connectivity index (χ3v) is 7.45. The molecule has 2 saturated carbocycles. The van der Waals surface area contributed by atoms with Gasteiger partial charge in [0, 0.05) is 0 Å². The van der Waals surface area contributed by atoms with Crippen molar-refractivity contribution in [2.24, 2.45) is 0 Å². The summed E-state index contributed by atoms with van der Waals surface area (Å²) in [6.45, 7) is 0. The molecule has 21 heavy (non-hydrogen) atoms. The SMILES string of the molecule is C1CCCCCC([P]C2CCCCCCC2)CCCCC1. The van der Waals surface area contributed by atoms with E-state index in [1.807, 2.05) is 8.58 Å². The van der Waals surface area contributed by atoms with Gasteiger partial charge in [-0.1, -0.05) is 98.5 Å². The molecule has 0 saturated heterocycles. The quantitative estimate of drug-likeness (QED) is 0.458. The molecule has 0 N–H and O–H groups in total. The van der Waals surface area contributed by atoms with Crippen LogP contribution in [0, 0.1) is 0 Å². The van der Waals surface area contributed by atoms with Crippen LogP contribution in [0.4, 0.5) is 0 Å². The van der Waals surface area contributed by atoms with Crippen molar-refractivity contribution in [3.05, 3.63) is 0 Å². The summed E-state index contributed by atoms with van der Waals surface area (Å²) in [6.07, 6.45) is 27.3. The second-order valence-electron chi connectivity index (χ2n) is 7.56. The summed E-state index contributed by atoms with van der Waals surface area (Å²) >= 11 is 0. The van der Waals surface area contributed by atoms with Gasteiger partial charge in [0.15, 0.2) is 0 Å². The first kappa shape index (κ1) is 17.8. The Bertz CT molecular complexity index is 218. The van der Waals surface area contributed by atoms with Crippen LogP contribution in [0.5, 0.6) is 0 Å². The van der Waals surface area contributed by atoms with E-state index in [9.17, 15) is 0 Å². The summed E-state index contributed by atoms with van der Waals surface area (Å²) in [5.74, 6) is 0. The zero-order chi connectivity index (χ0) is 14.6. The van der Waals surface area contributed by atoms with Gasteiger partial charge in [-0.3, -0.25) is 0 Å². The highest BCUT2D eigenvalue weighted by atomic mass is 31.1. The van der Waals surface area contributed by atoms with E-state index in [1.54, 1.807) is 0 Å². The molecule has 2 aliphatic carbocycles. The lowest BCUT2D eigenvalue weighted by molar-refractivity contribution is 0.495. The second kappa shape index (κ2) is 11.9. The number of hydrogen-bond acceptors (Lipinski definition) is 0. The van der Waals surface area contributed by atoms with Gasteiger partial charge in [-0.2, -0.15) is 0 Å². The summed E-state index contributed by atoms with van der Waals surface area (Å²) < 4.78 is 0. The monoisotopic (exact) mass is 309 g/mol. The van der Waals surface area contributed by atoms with Gasteiger partial charge in [-0.25, -0.2) is 0 Å². The van der Waals surface area contributed by atoms with Crippen molar-refractivity contribution in [2.45, 2.75) is 127 Å². The Morgan fingerprint density at radius 2 is 0.571 bits per heavy atom. The normalized spacial score (nSPS) is 26.9. The lowest BCUT2D eigenvalue weighted by Gasteiger charge is -2.25. The topological polar surface area (TPSA) is 0 Å². The molecule has 0 spiro atoms. The Balaban J connectivity index is 1.73. The minimum atomic E-state index is 1.05. The first-order valence-electron chi connectivity index (χ1n) is 10.1. The molecule has 1 heteroatoms. The largest absolute Gasteiger partial charge is 0.0741 e. The molecule has 0 aromatic carbocycles. The third-order valence-electron chi connectivity index (χ3n) is 5.57. The van der Waals surface area contributed by atoms with Gasteiger partial charge in [0.05, 0.1) is 0 Å². The Hall–Kier alpha value is 0.430. The molecule has 0 nitrogen and oxygen atoms in total. The van der Waals surface area contributed by atoms with E-state index in [-0.39, 0.29) is 0 Å². The molecule has 0 bridgehead atoms. The molecule has 0 heterocycles. The second-order valence-corrected chi connectivity index (χ2v) is 9.32. The van der Waals surface area contributed by atoms with Crippen LogP contribution in [0.3, 0.4) is 0 Å². The fourth-order valence-electron chi connectivity index (χ4n) is 4.17. The molecule has 0 unspecified atom stereocenters. The summed E-state index contributed by atoms with van der Waals surface area (Å²) in [5.41, 5.74) is 2.11. The lowest BCUT2D eigenvalue weighted by Crippen LogP contribution is -2.11. The molecule has 123 valence electrons. The fraction of sp³-hybridized carbons (Fsp3) is 1.00. The van der Waals surface area contributed by atoms with E-state index >= 15 is 0 Å². The van der Waals surface area contributed by atoms with Crippen LogP contribution in [-0.2, 0) is 0 Å². The van der Waals surface area contributed by atoms with Crippen molar-refractivity contribution >= 4 is 8.58 Å². The molecule has 2 fully saturated rings.